The second-order valence-corrected chi connectivity index (χ2v) is 5.44. The summed E-state index contributed by atoms with van der Waals surface area (Å²) in [5.74, 6) is 0. The highest BCUT2D eigenvalue weighted by Gasteiger charge is 2.27. The van der Waals surface area contributed by atoms with Gasteiger partial charge < -0.3 is 20.3 Å². The molecule has 0 amide bonds. The largest absolute Gasteiger partial charge is 0.395 e. The Morgan fingerprint density at radius 2 is 1.94 bits per heavy atom. The molecular formula is C12H25NO3. The minimum atomic E-state index is -0.0767. The van der Waals surface area contributed by atoms with Crippen molar-refractivity contribution < 1.29 is 14.6 Å². The summed E-state index contributed by atoms with van der Waals surface area (Å²) in [4.78, 5) is 0. The van der Waals surface area contributed by atoms with Gasteiger partial charge in [-0.25, -0.2) is 0 Å². The fourth-order valence-electron chi connectivity index (χ4n) is 1.70. The second-order valence-electron chi connectivity index (χ2n) is 5.44. The van der Waals surface area contributed by atoms with Gasteiger partial charge >= 0.3 is 0 Å². The van der Waals surface area contributed by atoms with Crippen LogP contribution in [-0.2, 0) is 9.47 Å². The fraction of sp³-hybridized carbons (Fsp3) is 1.00. The summed E-state index contributed by atoms with van der Waals surface area (Å²) in [7, 11) is 0. The highest BCUT2D eigenvalue weighted by Crippen LogP contribution is 2.24. The molecule has 4 nitrogen and oxygen atoms in total. The SMILES string of the molecule is CC1(C)COC(CCCCC(N)CO)OC1. The van der Waals surface area contributed by atoms with Gasteiger partial charge in [0.25, 0.3) is 0 Å². The first kappa shape index (κ1) is 13.9. The lowest BCUT2D eigenvalue weighted by Crippen LogP contribution is -2.37. The molecule has 0 aromatic rings. The van der Waals surface area contributed by atoms with Crippen LogP contribution in [0.4, 0.5) is 0 Å². The summed E-state index contributed by atoms with van der Waals surface area (Å²) < 4.78 is 11.2. The third kappa shape index (κ3) is 5.25. The molecule has 1 aliphatic heterocycles. The molecule has 16 heavy (non-hydrogen) atoms. The quantitative estimate of drug-likeness (QED) is 0.676. The van der Waals surface area contributed by atoms with Gasteiger partial charge in [-0.1, -0.05) is 20.3 Å². The highest BCUT2D eigenvalue weighted by molar-refractivity contribution is 4.71. The number of hydrogen-bond donors (Lipinski definition) is 2. The van der Waals surface area contributed by atoms with Crippen molar-refractivity contribution in [1.29, 1.82) is 0 Å². The first-order chi connectivity index (χ1) is 7.53. The molecule has 0 aromatic carbocycles. The third-order valence-corrected chi connectivity index (χ3v) is 2.82. The van der Waals surface area contributed by atoms with Gasteiger partial charge in [0.1, 0.15) is 0 Å². The molecule has 3 N–H and O–H groups in total. The minimum Gasteiger partial charge on any atom is -0.395 e. The smallest absolute Gasteiger partial charge is 0.157 e. The van der Waals surface area contributed by atoms with E-state index in [0.717, 1.165) is 38.9 Å². The maximum Gasteiger partial charge on any atom is 0.157 e. The van der Waals surface area contributed by atoms with Crippen LogP contribution in [0.3, 0.4) is 0 Å². The molecule has 0 bridgehead atoms. The van der Waals surface area contributed by atoms with Crippen molar-refractivity contribution in [2.45, 2.75) is 51.9 Å². The van der Waals surface area contributed by atoms with Crippen molar-refractivity contribution >= 4 is 0 Å². The molecule has 1 rings (SSSR count). The summed E-state index contributed by atoms with van der Waals surface area (Å²) in [6, 6.07) is -0.0767. The standard InChI is InChI=1S/C12H25NO3/c1-12(2)8-15-11(16-9-12)6-4-3-5-10(13)7-14/h10-11,14H,3-9,13H2,1-2H3. The van der Waals surface area contributed by atoms with Gasteiger partial charge in [0.05, 0.1) is 19.8 Å². The van der Waals surface area contributed by atoms with Crippen molar-refractivity contribution in [3.63, 3.8) is 0 Å². The average molecular weight is 231 g/mol. The van der Waals surface area contributed by atoms with Gasteiger partial charge in [-0.15, -0.1) is 0 Å². The molecule has 1 unspecified atom stereocenters. The predicted octanol–water partition coefficient (Wildman–Crippen LogP) is 1.27. The van der Waals surface area contributed by atoms with Gasteiger partial charge in [0.2, 0.25) is 0 Å². The Balaban J connectivity index is 2.02. The number of rotatable bonds is 6. The molecule has 0 aliphatic carbocycles. The van der Waals surface area contributed by atoms with Crippen molar-refractivity contribution in [3.8, 4) is 0 Å². The topological polar surface area (TPSA) is 64.7 Å². The Bertz CT molecular complexity index is 187. The van der Waals surface area contributed by atoms with Crippen LogP contribution >= 0.6 is 0 Å². The number of hydrogen-bond acceptors (Lipinski definition) is 4. The Morgan fingerprint density at radius 3 is 2.50 bits per heavy atom. The van der Waals surface area contributed by atoms with E-state index in [1.54, 1.807) is 0 Å². The zero-order chi connectivity index (χ0) is 12.0. The first-order valence-electron chi connectivity index (χ1n) is 6.13. The average Bonchev–Trinajstić information content (AvgIpc) is 2.26. The zero-order valence-corrected chi connectivity index (χ0v) is 10.4. The summed E-state index contributed by atoms with van der Waals surface area (Å²) in [5, 5.41) is 8.77. The Labute approximate surface area is 98.1 Å². The Morgan fingerprint density at radius 1 is 1.31 bits per heavy atom. The van der Waals surface area contributed by atoms with Gasteiger partial charge in [-0.2, -0.15) is 0 Å². The molecule has 0 saturated carbocycles. The van der Waals surface area contributed by atoms with E-state index in [2.05, 4.69) is 13.8 Å². The van der Waals surface area contributed by atoms with Crippen LogP contribution in [0.1, 0.15) is 39.5 Å². The van der Waals surface area contributed by atoms with Crippen LogP contribution in [-0.4, -0.2) is 37.3 Å². The lowest BCUT2D eigenvalue weighted by atomic mass is 9.95. The molecule has 96 valence electrons. The molecule has 1 fully saturated rings. The highest BCUT2D eigenvalue weighted by atomic mass is 16.7. The second kappa shape index (κ2) is 6.55. The van der Waals surface area contributed by atoms with E-state index >= 15 is 0 Å². The molecule has 1 atom stereocenters. The molecule has 4 heteroatoms. The number of aliphatic hydroxyl groups excluding tert-OH is 1. The van der Waals surface area contributed by atoms with E-state index in [1.165, 1.54) is 0 Å². The lowest BCUT2D eigenvalue weighted by Gasteiger charge is -2.34. The van der Waals surface area contributed by atoms with Gasteiger partial charge in [-0.3, -0.25) is 0 Å². The molecule has 1 aliphatic rings. The number of aliphatic hydroxyl groups is 1. The molecule has 0 spiro atoms. The van der Waals surface area contributed by atoms with Gasteiger partial charge in [0.15, 0.2) is 6.29 Å². The normalized spacial score (nSPS) is 23.2. The molecular weight excluding hydrogens is 206 g/mol. The van der Waals surface area contributed by atoms with Crippen LogP contribution in [0.5, 0.6) is 0 Å². The van der Waals surface area contributed by atoms with Crippen LogP contribution in [0.2, 0.25) is 0 Å². The Kier molecular flexibility index (Phi) is 5.69. The number of ether oxygens (including phenoxy) is 2. The molecule has 0 radical (unpaired) electrons. The lowest BCUT2D eigenvalue weighted by molar-refractivity contribution is -0.224. The van der Waals surface area contributed by atoms with E-state index in [1.807, 2.05) is 0 Å². The monoisotopic (exact) mass is 231 g/mol. The Hall–Kier alpha value is -0.160. The summed E-state index contributed by atoms with van der Waals surface area (Å²) in [5.41, 5.74) is 5.76. The van der Waals surface area contributed by atoms with Crippen LogP contribution < -0.4 is 5.73 Å². The van der Waals surface area contributed by atoms with E-state index < -0.39 is 0 Å². The van der Waals surface area contributed by atoms with E-state index in [4.69, 9.17) is 20.3 Å². The minimum absolute atomic E-state index is 0.0432. The molecule has 0 aromatic heterocycles. The van der Waals surface area contributed by atoms with Crippen LogP contribution in [0.15, 0.2) is 0 Å². The number of unbranched alkanes of at least 4 members (excludes halogenated alkanes) is 1. The van der Waals surface area contributed by atoms with E-state index in [0.29, 0.717) is 0 Å². The maximum absolute atomic E-state index is 8.77. The first-order valence-corrected chi connectivity index (χ1v) is 6.13. The zero-order valence-electron chi connectivity index (χ0n) is 10.4. The van der Waals surface area contributed by atoms with Crippen LogP contribution in [0.25, 0.3) is 0 Å². The fourth-order valence-corrected chi connectivity index (χ4v) is 1.70. The van der Waals surface area contributed by atoms with Gasteiger partial charge in [0, 0.05) is 11.5 Å². The predicted molar refractivity (Wildman–Crippen MR) is 63.0 cm³/mol. The third-order valence-electron chi connectivity index (χ3n) is 2.82. The van der Waals surface area contributed by atoms with E-state index in [9.17, 15) is 0 Å². The van der Waals surface area contributed by atoms with Crippen molar-refractivity contribution in [2.24, 2.45) is 11.1 Å². The van der Waals surface area contributed by atoms with Gasteiger partial charge in [-0.05, 0) is 19.3 Å². The molecule has 1 saturated heterocycles. The summed E-state index contributed by atoms with van der Waals surface area (Å²) in [6.45, 7) is 5.90. The maximum atomic E-state index is 8.77. The van der Waals surface area contributed by atoms with Crippen molar-refractivity contribution in [1.82, 2.24) is 0 Å². The van der Waals surface area contributed by atoms with E-state index in [-0.39, 0.29) is 24.4 Å². The van der Waals surface area contributed by atoms with Crippen molar-refractivity contribution in [3.05, 3.63) is 0 Å². The molecule has 1 heterocycles. The van der Waals surface area contributed by atoms with Crippen LogP contribution in [0, 0.1) is 5.41 Å². The summed E-state index contributed by atoms with van der Waals surface area (Å²) >= 11 is 0. The van der Waals surface area contributed by atoms with Crippen molar-refractivity contribution in [2.75, 3.05) is 19.8 Å². The number of nitrogens with two attached hydrogens (primary N) is 1. The summed E-state index contributed by atoms with van der Waals surface area (Å²) in [6.07, 6.45) is 3.81.